The molecule has 0 saturated carbocycles. The van der Waals surface area contributed by atoms with E-state index in [0.717, 1.165) is 44.2 Å². The number of nitrogens with zero attached hydrogens (tertiary/aromatic N) is 5. The minimum absolute atomic E-state index is 0.615. The van der Waals surface area contributed by atoms with Crippen LogP contribution in [0, 0.1) is 6.92 Å². The number of ether oxygens (including phenoxy) is 3. The van der Waals surface area contributed by atoms with Gasteiger partial charge in [-0.05, 0) is 24.6 Å². The van der Waals surface area contributed by atoms with Crippen molar-refractivity contribution in [2.45, 2.75) is 19.9 Å². The number of hydrogen-bond donors (Lipinski definition) is 1. The number of methoxy groups -OCH3 is 3. The molecule has 10 nitrogen and oxygen atoms in total. The summed E-state index contributed by atoms with van der Waals surface area (Å²) in [6.07, 6.45) is 0.668. The van der Waals surface area contributed by atoms with E-state index < -0.39 is 0 Å². The van der Waals surface area contributed by atoms with Gasteiger partial charge in [-0.2, -0.15) is 4.98 Å². The van der Waals surface area contributed by atoms with Gasteiger partial charge in [0, 0.05) is 52.7 Å². The second-order valence-electron chi connectivity index (χ2n) is 7.26. The molecule has 31 heavy (non-hydrogen) atoms. The molecule has 2 aromatic rings. The lowest BCUT2D eigenvalue weighted by Crippen LogP contribution is -2.52. The van der Waals surface area contributed by atoms with Gasteiger partial charge < -0.3 is 29.0 Å². The topological polar surface area (TPSA) is 97.5 Å². The maximum atomic E-state index is 5.47. The Morgan fingerprint density at radius 3 is 2.29 bits per heavy atom. The van der Waals surface area contributed by atoms with E-state index in [-0.39, 0.29) is 0 Å². The van der Waals surface area contributed by atoms with Crippen molar-refractivity contribution >= 4 is 5.96 Å². The Bertz CT molecular complexity index is 852. The fourth-order valence-corrected chi connectivity index (χ4v) is 3.66. The van der Waals surface area contributed by atoms with E-state index in [2.05, 4.69) is 30.2 Å². The highest BCUT2D eigenvalue weighted by atomic mass is 16.5. The highest BCUT2D eigenvalue weighted by molar-refractivity contribution is 5.80. The van der Waals surface area contributed by atoms with Gasteiger partial charge in [0.25, 0.3) is 0 Å². The molecule has 10 heteroatoms. The molecule has 0 aliphatic carbocycles. The Morgan fingerprint density at radius 1 is 1.10 bits per heavy atom. The Kier molecular flexibility index (Phi) is 7.94. The smallest absolute Gasteiger partial charge is 0.228 e. The van der Waals surface area contributed by atoms with Gasteiger partial charge in [-0.15, -0.1) is 0 Å². The normalized spacial score (nSPS) is 15.1. The van der Waals surface area contributed by atoms with Crippen LogP contribution in [-0.2, 0) is 13.0 Å². The maximum absolute atomic E-state index is 5.47. The number of aromatic nitrogens is 2. The zero-order valence-electron chi connectivity index (χ0n) is 19.0. The van der Waals surface area contributed by atoms with Crippen molar-refractivity contribution in [2.24, 2.45) is 4.99 Å². The van der Waals surface area contributed by atoms with E-state index in [1.54, 1.807) is 21.3 Å². The van der Waals surface area contributed by atoms with Crippen LogP contribution in [-0.4, -0.2) is 87.0 Å². The molecule has 2 heterocycles. The molecule has 0 atom stereocenters. The maximum Gasteiger partial charge on any atom is 0.228 e. The molecule has 3 rings (SSSR count). The summed E-state index contributed by atoms with van der Waals surface area (Å²) in [6.45, 7) is 6.97. The molecule has 0 spiro atoms. The van der Waals surface area contributed by atoms with Crippen molar-refractivity contribution in [3.8, 4) is 17.2 Å². The number of guanidine groups is 1. The number of nitrogens with one attached hydrogen (secondary N) is 1. The van der Waals surface area contributed by atoms with Crippen LogP contribution in [0.1, 0.15) is 17.3 Å². The molecule has 170 valence electrons. The molecule has 0 radical (unpaired) electrons. The van der Waals surface area contributed by atoms with Gasteiger partial charge in [-0.3, -0.25) is 9.89 Å². The second kappa shape index (κ2) is 10.9. The van der Waals surface area contributed by atoms with Gasteiger partial charge >= 0.3 is 0 Å². The summed E-state index contributed by atoms with van der Waals surface area (Å²) in [4.78, 5) is 13.3. The van der Waals surface area contributed by atoms with Gasteiger partial charge in [-0.25, -0.2) is 0 Å². The molecule has 0 bridgehead atoms. The first-order chi connectivity index (χ1) is 15.1. The molecular weight excluding hydrogens is 400 g/mol. The minimum atomic E-state index is 0.615. The molecule has 1 N–H and O–H groups in total. The van der Waals surface area contributed by atoms with E-state index in [1.165, 1.54) is 0 Å². The third kappa shape index (κ3) is 5.78. The number of piperazine rings is 1. The standard InChI is InChI=1S/C21H32N6O4/c1-15-24-19(31-25-15)6-7-23-21(22-2)27-10-8-26(9-11-27)14-16-12-17(28-3)20(30-5)18(13-16)29-4/h12-13H,6-11,14H2,1-5H3,(H,22,23). The average Bonchev–Trinajstić information content (AvgIpc) is 3.21. The van der Waals surface area contributed by atoms with Crippen LogP contribution in [0.15, 0.2) is 21.6 Å². The summed E-state index contributed by atoms with van der Waals surface area (Å²) in [6, 6.07) is 4.01. The zero-order chi connectivity index (χ0) is 22.2. The Balaban J connectivity index is 1.51. The third-order valence-electron chi connectivity index (χ3n) is 5.21. The van der Waals surface area contributed by atoms with Crippen LogP contribution in [0.25, 0.3) is 0 Å². The average molecular weight is 433 g/mol. The van der Waals surface area contributed by atoms with E-state index in [0.29, 0.717) is 41.9 Å². The number of benzene rings is 1. The first kappa shape index (κ1) is 22.7. The first-order valence-electron chi connectivity index (χ1n) is 10.3. The molecule has 1 aromatic carbocycles. The number of hydrogen-bond acceptors (Lipinski definition) is 8. The second-order valence-corrected chi connectivity index (χ2v) is 7.26. The lowest BCUT2D eigenvalue weighted by Gasteiger charge is -2.36. The number of rotatable bonds is 8. The van der Waals surface area contributed by atoms with E-state index in [1.807, 2.05) is 26.1 Å². The number of aryl methyl sites for hydroxylation is 1. The fourth-order valence-electron chi connectivity index (χ4n) is 3.66. The fraction of sp³-hybridized carbons (Fsp3) is 0.571. The van der Waals surface area contributed by atoms with Crippen molar-refractivity contribution in [1.29, 1.82) is 0 Å². The molecule has 0 unspecified atom stereocenters. The van der Waals surface area contributed by atoms with Gasteiger partial charge in [0.1, 0.15) is 0 Å². The summed E-state index contributed by atoms with van der Waals surface area (Å²) in [5.41, 5.74) is 1.13. The lowest BCUT2D eigenvalue weighted by molar-refractivity contribution is 0.172. The minimum Gasteiger partial charge on any atom is -0.493 e. The third-order valence-corrected chi connectivity index (χ3v) is 5.21. The van der Waals surface area contributed by atoms with Crippen molar-refractivity contribution in [2.75, 3.05) is 61.1 Å². The molecule has 1 aliphatic rings. The Morgan fingerprint density at radius 2 is 1.77 bits per heavy atom. The van der Waals surface area contributed by atoms with Crippen LogP contribution in [0.2, 0.25) is 0 Å². The lowest BCUT2D eigenvalue weighted by atomic mass is 10.1. The van der Waals surface area contributed by atoms with Crippen molar-refractivity contribution in [1.82, 2.24) is 25.3 Å². The molecule has 1 aliphatic heterocycles. The summed E-state index contributed by atoms with van der Waals surface area (Å²) in [7, 11) is 6.70. The highest BCUT2D eigenvalue weighted by Crippen LogP contribution is 2.38. The molecule has 1 aromatic heterocycles. The predicted molar refractivity (Wildman–Crippen MR) is 117 cm³/mol. The van der Waals surface area contributed by atoms with Gasteiger partial charge in [0.05, 0.1) is 21.3 Å². The van der Waals surface area contributed by atoms with Crippen LogP contribution >= 0.6 is 0 Å². The van der Waals surface area contributed by atoms with Crippen LogP contribution in [0.5, 0.6) is 17.2 Å². The Labute approximate surface area is 183 Å². The van der Waals surface area contributed by atoms with Crippen molar-refractivity contribution < 1.29 is 18.7 Å². The molecular formula is C21H32N6O4. The highest BCUT2D eigenvalue weighted by Gasteiger charge is 2.21. The predicted octanol–water partition coefficient (Wildman–Crippen LogP) is 1.34. The molecule has 1 saturated heterocycles. The zero-order valence-corrected chi connectivity index (χ0v) is 19.0. The SMILES string of the molecule is CN=C(NCCc1nc(C)no1)N1CCN(Cc2cc(OC)c(OC)c(OC)c2)CC1. The van der Waals surface area contributed by atoms with Gasteiger partial charge in [0.15, 0.2) is 23.3 Å². The molecule has 0 amide bonds. The van der Waals surface area contributed by atoms with Crippen LogP contribution in [0.3, 0.4) is 0 Å². The first-order valence-corrected chi connectivity index (χ1v) is 10.3. The number of aliphatic imine (C=N–C) groups is 1. The summed E-state index contributed by atoms with van der Waals surface area (Å²) < 4.78 is 21.5. The summed E-state index contributed by atoms with van der Waals surface area (Å²) in [5.74, 6) is 4.15. The summed E-state index contributed by atoms with van der Waals surface area (Å²) in [5, 5.41) is 7.20. The van der Waals surface area contributed by atoms with Gasteiger partial charge in [-0.1, -0.05) is 5.16 Å². The van der Waals surface area contributed by atoms with E-state index in [9.17, 15) is 0 Å². The summed E-state index contributed by atoms with van der Waals surface area (Å²) >= 11 is 0. The Hall–Kier alpha value is -3.01. The van der Waals surface area contributed by atoms with Crippen LogP contribution < -0.4 is 19.5 Å². The van der Waals surface area contributed by atoms with Crippen LogP contribution in [0.4, 0.5) is 0 Å². The van der Waals surface area contributed by atoms with Gasteiger partial charge in [0.2, 0.25) is 11.6 Å². The van der Waals surface area contributed by atoms with E-state index >= 15 is 0 Å². The quantitative estimate of drug-likeness (QED) is 0.489. The van der Waals surface area contributed by atoms with Crippen molar-refractivity contribution in [3.63, 3.8) is 0 Å². The van der Waals surface area contributed by atoms with Crippen molar-refractivity contribution in [3.05, 3.63) is 29.4 Å². The largest absolute Gasteiger partial charge is 0.493 e. The monoisotopic (exact) mass is 432 g/mol. The molecule has 1 fully saturated rings. The van der Waals surface area contributed by atoms with E-state index in [4.69, 9.17) is 18.7 Å².